The number of rotatable bonds is 58. The van der Waals surface area contributed by atoms with Gasteiger partial charge in [-0.05, 0) is 96.3 Å². The molecular weight excluding hydrogens is 889 g/mol. The summed E-state index contributed by atoms with van der Waals surface area (Å²) in [7, 11) is 0. The fourth-order valence-corrected chi connectivity index (χ4v) is 9.25. The molecule has 1 unspecified atom stereocenters. The van der Waals surface area contributed by atoms with E-state index in [9.17, 15) is 14.4 Å². The van der Waals surface area contributed by atoms with Gasteiger partial charge in [0.1, 0.15) is 13.2 Å². The van der Waals surface area contributed by atoms with Crippen LogP contribution in [0.2, 0.25) is 0 Å². The molecule has 0 radical (unpaired) electrons. The second kappa shape index (κ2) is 60.9. The van der Waals surface area contributed by atoms with Crippen molar-refractivity contribution >= 4 is 17.9 Å². The molecule has 0 aromatic carbocycles. The van der Waals surface area contributed by atoms with Gasteiger partial charge in [-0.25, -0.2) is 0 Å². The predicted octanol–water partition coefficient (Wildman–Crippen LogP) is 21.4. The summed E-state index contributed by atoms with van der Waals surface area (Å²) in [6, 6.07) is 0. The van der Waals surface area contributed by atoms with Gasteiger partial charge < -0.3 is 14.2 Å². The van der Waals surface area contributed by atoms with Gasteiger partial charge in [-0.3, -0.25) is 14.4 Å². The maximum atomic E-state index is 12.9. The Kier molecular flexibility index (Phi) is 58.7. The molecule has 0 aromatic rings. The van der Waals surface area contributed by atoms with Gasteiger partial charge in [0.2, 0.25) is 0 Å². The first-order valence-corrected chi connectivity index (χ1v) is 31.7. The Balaban J connectivity index is 4.39. The Morgan fingerprint density at radius 3 is 0.778 bits per heavy atom. The number of esters is 3. The number of unbranched alkanes of at least 4 members (excludes halogenated alkanes) is 40. The third-order valence-corrected chi connectivity index (χ3v) is 14.1. The van der Waals surface area contributed by atoms with Gasteiger partial charge in [0.15, 0.2) is 6.10 Å². The zero-order chi connectivity index (χ0) is 52.2. The largest absolute Gasteiger partial charge is 0.462 e. The number of hydrogen-bond acceptors (Lipinski definition) is 6. The van der Waals surface area contributed by atoms with Crippen molar-refractivity contribution in [3.63, 3.8) is 0 Å². The minimum atomic E-state index is -0.785. The third-order valence-electron chi connectivity index (χ3n) is 14.1. The SMILES string of the molecule is CCCCCCCC/C=C\CCCCCCCCCC(=O)OCC(COC(=O)CCCCCCCCC/C=C\CCCCCCCCCC)OC(=O)CCCCCCC/C=C\C=C/CCCCCCCCC. The molecule has 0 aliphatic carbocycles. The Hall–Kier alpha value is -2.63. The van der Waals surface area contributed by atoms with E-state index < -0.39 is 6.10 Å². The van der Waals surface area contributed by atoms with Crippen molar-refractivity contribution < 1.29 is 28.6 Å². The summed E-state index contributed by atoms with van der Waals surface area (Å²) in [4.78, 5) is 38.3. The van der Waals surface area contributed by atoms with Crippen LogP contribution in [0.3, 0.4) is 0 Å². The van der Waals surface area contributed by atoms with Crippen LogP contribution in [0.4, 0.5) is 0 Å². The van der Waals surface area contributed by atoms with Crippen molar-refractivity contribution in [3.05, 3.63) is 48.6 Å². The van der Waals surface area contributed by atoms with Crippen molar-refractivity contribution in [3.8, 4) is 0 Å². The predicted molar refractivity (Wildman–Crippen MR) is 312 cm³/mol. The fraction of sp³-hybridized carbons (Fsp3) is 0.833. The molecule has 0 bridgehead atoms. The highest BCUT2D eigenvalue weighted by Crippen LogP contribution is 2.16. The fourth-order valence-electron chi connectivity index (χ4n) is 9.25. The molecule has 1 atom stereocenters. The molecule has 0 aliphatic rings. The molecule has 420 valence electrons. The maximum Gasteiger partial charge on any atom is 0.306 e. The molecule has 6 nitrogen and oxygen atoms in total. The normalized spacial score (nSPS) is 12.3. The standard InChI is InChI=1S/C66H120O6/c1-4-7-10-13-16-19-22-25-28-31-33-36-38-41-44-47-50-53-56-59-65(68)71-62-63(61-70-64(67)58-55-52-49-46-43-40-37-34-30-27-24-21-18-15-12-9-6-3)72-66(69)60-57-54-51-48-45-42-39-35-32-29-26-23-20-17-14-11-8-5-2/h27,29-33,35,39,63H,4-26,28,34,36-38,40-62H2,1-3H3/b30-27-,32-29-,33-31-,39-35-. The van der Waals surface area contributed by atoms with Crippen LogP contribution < -0.4 is 0 Å². The Bertz CT molecular complexity index is 1250. The molecule has 72 heavy (non-hydrogen) atoms. The van der Waals surface area contributed by atoms with Crippen LogP contribution in [-0.4, -0.2) is 37.2 Å². The minimum absolute atomic E-state index is 0.0812. The van der Waals surface area contributed by atoms with E-state index in [0.717, 1.165) is 77.0 Å². The molecule has 0 heterocycles. The van der Waals surface area contributed by atoms with Crippen LogP contribution in [0.15, 0.2) is 48.6 Å². The van der Waals surface area contributed by atoms with Gasteiger partial charge in [0, 0.05) is 19.3 Å². The average Bonchev–Trinajstić information content (AvgIpc) is 3.38. The lowest BCUT2D eigenvalue weighted by Gasteiger charge is -2.18. The first-order chi connectivity index (χ1) is 35.5. The third kappa shape index (κ3) is 58.3. The lowest BCUT2D eigenvalue weighted by Crippen LogP contribution is -2.30. The molecule has 0 aromatic heterocycles. The topological polar surface area (TPSA) is 78.9 Å². The highest BCUT2D eigenvalue weighted by molar-refractivity contribution is 5.71. The second-order valence-electron chi connectivity index (χ2n) is 21.3. The number of carbonyl (C=O) groups is 3. The molecule has 0 rings (SSSR count). The van der Waals surface area contributed by atoms with Crippen molar-refractivity contribution in [2.24, 2.45) is 0 Å². The summed E-state index contributed by atoms with van der Waals surface area (Å²) in [6.07, 6.45) is 75.3. The van der Waals surface area contributed by atoms with E-state index in [2.05, 4.69) is 69.4 Å². The minimum Gasteiger partial charge on any atom is -0.462 e. The van der Waals surface area contributed by atoms with Gasteiger partial charge in [0.05, 0.1) is 0 Å². The van der Waals surface area contributed by atoms with Crippen molar-refractivity contribution in [1.29, 1.82) is 0 Å². The number of carbonyl (C=O) groups excluding carboxylic acids is 3. The molecule has 0 N–H and O–H groups in total. The number of allylic oxidation sites excluding steroid dienone is 8. The van der Waals surface area contributed by atoms with Crippen LogP contribution in [-0.2, 0) is 28.6 Å². The quantitative estimate of drug-likeness (QED) is 0.0199. The van der Waals surface area contributed by atoms with Gasteiger partial charge in [-0.2, -0.15) is 0 Å². The molecule has 0 saturated heterocycles. The van der Waals surface area contributed by atoms with Gasteiger partial charge in [0.25, 0.3) is 0 Å². The molecular formula is C66H120O6. The van der Waals surface area contributed by atoms with Crippen LogP contribution >= 0.6 is 0 Å². The van der Waals surface area contributed by atoms with Gasteiger partial charge in [-0.15, -0.1) is 0 Å². The Morgan fingerprint density at radius 2 is 0.500 bits per heavy atom. The molecule has 0 saturated carbocycles. The lowest BCUT2D eigenvalue weighted by molar-refractivity contribution is -0.167. The van der Waals surface area contributed by atoms with Crippen LogP contribution in [0.25, 0.3) is 0 Å². The Morgan fingerprint density at radius 1 is 0.278 bits per heavy atom. The van der Waals surface area contributed by atoms with Crippen LogP contribution in [0.1, 0.15) is 335 Å². The van der Waals surface area contributed by atoms with E-state index in [4.69, 9.17) is 14.2 Å². The van der Waals surface area contributed by atoms with Crippen molar-refractivity contribution in [2.75, 3.05) is 13.2 Å². The van der Waals surface area contributed by atoms with E-state index in [1.54, 1.807) is 0 Å². The molecule has 0 spiro atoms. The maximum absolute atomic E-state index is 12.9. The van der Waals surface area contributed by atoms with E-state index in [1.165, 1.54) is 218 Å². The molecule has 0 amide bonds. The van der Waals surface area contributed by atoms with Gasteiger partial charge in [-0.1, -0.05) is 268 Å². The summed E-state index contributed by atoms with van der Waals surface area (Å²) in [6.45, 7) is 6.66. The zero-order valence-electron chi connectivity index (χ0n) is 48.2. The van der Waals surface area contributed by atoms with E-state index in [1.807, 2.05) is 0 Å². The van der Waals surface area contributed by atoms with Crippen LogP contribution in [0.5, 0.6) is 0 Å². The van der Waals surface area contributed by atoms with E-state index >= 15 is 0 Å². The lowest BCUT2D eigenvalue weighted by atomic mass is 10.1. The van der Waals surface area contributed by atoms with E-state index in [-0.39, 0.29) is 31.1 Å². The number of ether oxygens (including phenoxy) is 3. The monoisotopic (exact) mass is 1010 g/mol. The average molecular weight is 1010 g/mol. The summed E-state index contributed by atoms with van der Waals surface area (Å²) in [5.41, 5.74) is 0. The molecule has 0 aliphatic heterocycles. The zero-order valence-corrected chi connectivity index (χ0v) is 48.2. The van der Waals surface area contributed by atoms with Crippen LogP contribution in [0, 0.1) is 0 Å². The Labute approximate surface area is 448 Å². The smallest absolute Gasteiger partial charge is 0.306 e. The highest BCUT2D eigenvalue weighted by Gasteiger charge is 2.19. The second-order valence-corrected chi connectivity index (χ2v) is 21.3. The van der Waals surface area contributed by atoms with Crippen molar-refractivity contribution in [2.45, 2.75) is 341 Å². The summed E-state index contributed by atoms with van der Waals surface area (Å²) in [5, 5.41) is 0. The van der Waals surface area contributed by atoms with Crippen molar-refractivity contribution in [1.82, 2.24) is 0 Å². The first kappa shape index (κ1) is 69.4. The van der Waals surface area contributed by atoms with E-state index in [0.29, 0.717) is 19.3 Å². The molecule has 6 heteroatoms. The highest BCUT2D eigenvalue weighted by atomic mass is 16.6. The number of hydrogen-bond donors (Lipinski definition) is 0. The molecule has 0 fully saturated rings. The summed E-state index contributed by atoms with van der Waals surface area (Å²) in [5.74, 6) is -0.886. The van der Waals surface area contributed by atoms with Gasteiger partial charge >= 0.3 is 17.9 Å². The summed E-state index contributed by atoms with van der Waals surface area (Å²) < 4.78 is 16.9. The first-order valence-electron chi connectivity index (χ1n) is 31.7. The summed E-state index contributed by atoms with van der Waals surface area (Å²) >= 11 is 0.